The van der Waals surface area contributed by atoms with Crippen LogP contribution in [0.15, 0.2) is 60.7 Å². The van der Waals surface area contributed by atoms with Crippen LogP contribution in [0.1, 0.15) is 38.1 Å². The number of rotatable bonds is 8. The molecule has 0 saturated carbocycles. The van der Waals surface area contributed by atoms with Crippen molar-refractivity contribution in [1.29, 1.82) is 0 Å². The number of ether oxygens (including phenoxy) is 2. The monoisotopic (exact) mass is 487 g/mol. The number of carbonyl (C=O) groups is 1. The van der Waals surface area contributed by atoms with E-state index in [4.69, 9.17) is 32.7 Å². The van der Waals surface area contributed by atoms with Gasteiger partial charge in [-0.05, 0) is 68.3 Å². The molecule has 0 bridgehead atoms. The van der Waals surface area contributed by atoms with Gasteiger partial charge in [0.05, 0.1) is 25.1 Å². The van der Waals surface area contributed by atoms with E-state index in [1.807, 2.05) is 53.2 Å². The maximum atomic E-state index is 12.0. The summed E-state index contributed by atoms with van der Waals surface area (Å²) in [6, 6.07) is 19.1. The van der Waals surface area contributed by atoms with Crippen molar-refractivity contribution < 1.29 is 14.3 Å². The minimum absolute atomic E-state index is 0.146. The van der Waals surface area contributed by atoms with Gasteiger partial charge in [-0.25, -0.2) is 4.85 Å². The smallest absolute Gasteiger partial charge is 0.310 e. The van der Waals surface area contributed by atoms with E-state index in [-0.39, 0.29) is 25.0 Å². The third-order valence-electron chi connectivity index (χ3n) is 5.59. The van der Waals surface area contributed by atoms with Crippen molar-refractivity contribution >= 4 is 34.2 Å². The van der Waals surface area contributed by atoms with Crippen molar-refractivity contribution in [3.05, 3.63) is 88.4 Å². The molecule has 6 nitrogen and oxygen atoms in total. The summed E-state index contributed by atoms with van der Waals surface area (Å²) in [4.78, 5) is 15.5. The number of carbonyl (C=O) groups excluding carboxylic acids is 1. The molecule has 0 fully saturated rings. The Labute approximate surface area is 209 Å². The van der Waals surface area contributed by atoms with Gasteiger partial charge in [0.15, 0.2) is 5.69 Å². The predicted octanol–water partition coefficient (Wildman–Crippen LogP) is 7.17. The van der Waals surface area contributed by atoms with Gasteiger partial charge in [-0.2, -0.15) is 5.10 Å². The Morgan fingerprint density at radius 2 is 1.91 bits per heavy atom. The van der Waals surface area contributed by atoms with Crippen LogP contribution < -0.4 is 4.74 Å². The van der Waals surface area contributed by atoms with Crippen molar-refractivity contribution in [2.75, 3.05) is 6.61 Å². The molecular formula is C28H26ClN3O3. The molecule has 0 saturated heterocycles. The average molecular weight is 488 g/mol. The van der Waals surface area contributed by atoms with Crippen molar-refractivity contribution in [3.8, 4) is 16.9 Å². The average Bonchev–Trinajstić information content (AvgIpc) is 3.21. The van der Waals surface area contributed by atoms with Crippen molar-refractivity contribution in [3.63, 3.8) is 0 Å². The number of para-hydroxylation sites is 1. The number of nitrogens with zero attached hydrogens (tertiary/aromatic N) is 3. The normalized spacial score (nSPS) is 11.0. The zero-order valence-corrected chi connectivity index (χ0v) is 20.7. The number of halogens is 1. The second kappa shape index (κ2) is 10.6. The van der Waals surface area contributed by atoms with E-state index in [1.54, 1.807) is 13.0 Å². The third kappa shape index (κ3) is 5.47. The topological polar surface area (TPSA) is 57.7 Å². The van der Waals surface area contributed by atoms with Crippen LogP contribution in [0, 0.1) is 6.57 Å². The summed E-state index contributed by atoms with van der Waals surface area (Å²) in [7, 11) is 0. The molecule has 0 radical (unpaired) electrons. The molecule has 1 aromatic heterocycles. The van der Waals surface area contributed by atoms with E-state index >= 15 is 0 Å². The van der Waals surface area contributed by atoms with Crippen molar-refractivity contribution in [2.45, 2.75) is 39.8 Å². The van der Waals surface area contributed by atoms with E-state index < -0.39 is 0 Å². The van der Waals surface area contributed by atoms with Gasteiger partial charge in [-0.1, -0.05) is 35.9 Å². The SMILES string of the molecule is [C-]#[N+]c1cc(Cl)cc(-c2ccc3c(c2)c(COc2ccccc2CC(=O)OCC)nn3C(C)C)c1. The lowest BCUT2D eigenvalue weighted by Gasteiger charge is -2.10. The Bertz CT molecular complexity index is 1420. The van der Waals surface area contributed by atoms with Crippen LogP contribution in [0.5, 0.6) is 5.75 Å². The summed E-state index contributed by atoms with van der Waals surface area (Å²) in [5.74, 6) is 0.337. The maximum absolute atomic E-state index is 12.0. The van der Waals surface area contributed by atoms with Gasteiger partial charge in [0, 0.05) is 22.0 Å². The Kier molecular flexibility index (Phi) is 7.38. The van der Waals surface area contributed by atoms with Crippen molar-refractivity contribution in [2.24, 2.45) is 0 Å². The second-order valence-corrected chi connectivity index (χ2v) is 8.84. The first-order valence-corrected chi connectivity index (χ1v) is 11.8. The van der Waals surface area contributed by atoms with Crippen LogP contribution in [0.3, 0.4) is 0 Å². The lowest BCUT2D eigenvalue weighted by molar-refractivity contribution is -0.142. The van der Waals surface area contributed by atoms with Crippen molar-refractivity contribution in [1.82, 2.24) is 9.78 Å². The molecular weight excluding hydrogens is 462 g/mol. The standard InChI is InChI=1S/C28H26ClN3O3/c1-5-34-28(33)15-20-8-6-7-9-27(20)35-17-25-24-14-19(10-11-26(24)32(31-25)18(2)3)21-12-22(29)16-23(13-21)30-4/h6-14,16,18H,5,15,17H2,1-3H3. The summed E-state index contributed by atoms with van der Waals surface area (Å²) < 4.78 is 13.2. The first-order valence-electron chi connectivity index (χ1n) is 11.5. The molecule has 0 unspecified atom stereocenters. The van der Waals surface area contributed by atoms with Gasteiger partial charge in [0.2, 0.25) is 0 Å². The fourth-order valence-corrected chi connectivity index (χ4v) is 4.22. The summed E-state index contributed by atoms with van der Waals surface area (Å²) >= 11 is 6.25. The van der Waals surface area contributed by atoms with Crippen LogP contribution in [-0.2, 0) is 22.6 Å². The Hall–Kier alpha value is -3.82. The Balaban J connectivity index is 1.69. The van der Waals surface area contributed by atoms with Gasteiger partial charge in [-0.3, -0.25) is 9.48 Å². The molecule has 0 aliphatic carbocycles. The maximum Gasteiger partial charge on any atom is 0.310 e. The highest BCUT2D eigenvalue weighted by Gasteiger charge is 2.16. The molecule has 7 heteroatoms. The summed E-state index contributed by atoms with van der Waals surface area (Å²) in [5, 5.41) is 6.32. The molecule has 0 spiro atoms. The van der Waals surface area contributed by atoms with Crippen LogP contribution in [0.25, 0.3) is 26.9 Å². The first-order chi connectivity index (χ1) is 16.9. The number of aromatic nitrogens is 2. The molecule has 4 rings (SSSR count). The number of benzene rings is 3. The van der Waals surface area contributed by atoms with Gasteiger partial charge < -0.3 is 9.47 Å². The number of esters is 1. The van der Waals surface area contributed by atoms with E-state index in [2.05, 4.69) is 24.8 Å². The quantitative estimate of drug-likeness (QED) is 0.195. The van der Waals surface area contributed by atoms with E-state index in [0.29, 0.717) is 23.1 Å². The largest absolute Gasteiger partial charge is 0.487 e. The molecule has 3 aromatic carbocycles. The molecule has 0 aliphatic heterocycles. The molecule has 35 heavy (non-hydrogen) atoms. The molecule has 0 aliphatic rings. The van der Waals surface area contributed by atoms with Crippen LogP contribution in [-0.4, -0.2) is 22.4 Å². The van der Waals surface area contributed by atoms with E-state index in [1.165, 1.54) is 0 Å². The number of fused-ring (bicyclic) bond motifs is 1. The fraction of sp³-hybridized carbons (Fsp3) is 0.250. The molecule has 178 valence electrons. The highest BCUT2D eigenvalue weighted by Crippen LogP contribution is 2.33. The van der Waals surface area contributed by atoms with Gasteiger partial charge in [0.1, 0.15) is 18.1 Å². The van der Waals surface area contributed by atoms with Crippen LogP contribution in [0.4, 0.5) is 5.69 Å². The lowest BCUT2D eigenvalue weighted by Crippen LogP contribution is -2.09. The minimum Gasteiger partial charge on any atom is -0.487 e. The molecule has 0 N–H and O–H groups in total. The number of hydrogen-bond acceptors (Lipinski definition) is 4. The Morgan fingerprint density at radius 1 is 1.11 bits per heavy atom. The third-order valence-corrected chi connectivity index (χ3v) is 5.81. The number of hydrogen-bond donors (Lipinski definition) is 0. The zero-order valence-electron chi connectivity index (χ0n) is 19.9. The lowest BCUT2D eigenvalue weighted by atomic mass is 10.0. The summed E-state index contributed by atoms with van der Waals surface area (Å²) in [6.45, 7) is 13.9. The summed E-state index contributed by atoms with van der Waals surface area (Å²) in [6.07, 6.45) is 0.146. The molecule has 4 aromatic rings. The summed E-state index contributed by atoms with van der Waals surface area (Å²) in [5.41, 5.74) is 4.85. The highest BCUT2D eigenvalue weighted by molar-refractivity contribution is 6.31. The fourth-order valence-electron chi connectivity index (χ4n) is 3.99. The van der Waals surface area contributed by atoms with Crippen LogP contribution in [0.2, 0.25) is 5.02 Å². The van der Waals surface area contributed by atoms with Crippen LogP contribution >= 0.6 is 11.6 Å². The van der Waals surface area contributed by atoms with Gasteiger partial charge in [0.25, 0.3) is 0 Å². The highest BCUT2D eigenvalue weighted by atomic mass is 35.5. The van der Waals surface area contributed by atoms with Gasteiger partial charge in [-0.15, -0.1) is 0 Å². The second-order valence-electron chi connectivity index (χ2n) is 8.41. The minimum atomic E-state index is -0.289. The predicted molar refractivity (Wildman–Crippen MR) is 138 cm³/mol. The molecule has 0 atom stereocenters. The zero-order chi connectivity index (χ0) is 24.9. The van der Waals surface area contributed by atoms with E-state index in [9.17, 15) is 4.79 Å². The Morgan fingerprint density at radius 3 is 2.66 bits per heavy atom. The van der Waals surface area contributed by atoms with Gasteiger partial charge >= 0.3 is 5.97 Å². The molecule has 0 amide bonds. The first kappa shape index (κ1) is 24.3. The molecule has 1 heterocycles. The van der Waals surface area contributed by atoms with E-state index in [0.717, 1.165) is 33.3 Å².